The van der Waals surface area contributed by atoms with Crippen molar-refractivity contribution in [3.63, 3.8) is 0 Å². The van der Waals surface area contributed by atoms with Gasteiger partial charge in [0.25, 0.3) is 0 Å². The Kier molecular flexibility index (Phi) is 10.3. The highest BCUT2D eigenvalue weighted by Crippen LogP contribution is 2.42. The lowest BCUT2D eigenvalue weighted by Gasteiger charge is -2.25. The molecule has 1 fully saturated rings. The molecule has 166 valence electrons. The minimum Gasteiger partial charge on any atom is -0.382 e. The van der Waals surface area contributed by atoms with Gasteiger partial charge in [-0.25, -0.2) is 13.3 Å². The highest BCUT2D eigenvalue weighted by Gasteiger charge is 2.53. The third-order valence-corrected chi connectivity index (χ3v) is 7.14. The van der Waals surface area contributed by atoms with Crippen LogP contribution in [0.4, 0.5) is 0 Å². The van der Waals surface area contributed by atoms with E-state index >= 15 is 0 Å². The van der Waals surface area contributed by atoms with Gasteiger partial charge in [-0.05, 0) is 24.3 Å². The second kappa shape index (κ2) is 12.0. The summed E-state index contributed by atoms with van der Waals surface area (Å²) in [5.74, 6) is 0. The predicted octanol–water partition coefficient (Wildman–Crippen LogP) is 1.81. The number of hydrogen-bond acceptors (Lipinski definition) is 10. The fourth-order valence-electron chi connectivity index (χ4n) is 2.75. The van der Waals surface area contributed by atoms with E-state index < -0.39 is 42.2 Å². The van der Waals surface area contributed by atoms with Crippen molar-refractivity contribution in [2.45, 2.75) is 28.6 Å². The van der Waals surface area contributed by atoms with Crippen molar-refractivity contribution >= 4 is 34.4 Å². The number of halogens is 1. The molecule has 1 heterocycles. The monoisotopic (exact) mass is 518 g/mol. The predicted molar refractivity (Wildman–Crippen MR) is 106 cm³/mol. The van der Waals surface area contributed by atoms with Gasteiger partial charge in [-0.2, -0.15) is 4.67 Å². The third-order valence-electron chi connectivity index (χ3n) is 3.99. The van der Waals surface area contributed by atoms with Crippen molar-refractivity contribution in [3.05, 3.63) is 28.7 Å². The Morgan fingerprint density at radius 3 is 2.38 bits per heavy atom. The Labute approximate surface area is 179 Å². The molecule has 0 amide bonds. The van der Waals surface area contributed by atoms with Gasteiger partial charge in [-0.1, -0.05) is 15.9 Å². The Balaban J connectivity index is 2.35. The van der Waals surface area contributed by atoms with E-state index in [4.69, 9.17) is 23.5 Å². The molecule has 0 bridgehead atoms. The molecule has 29 heavy (non-hydrogen) atoms. The number of rotatable bonds is 12. The van der Waals surface area contributed by atoms with Crippen LogP contribution in [0.3, 0.4) is 0 Å². The maximum absolute atomic E-state index is 13.2. The van der Waals surface area contributed by atoms with Crippen LogP contribution in [-0.4, -0.2) is 78.2 Å². The van der Waals surface area contributed by atoms with Crippen LogP contribution in [0, 0.1) is 0 Å². The van der Waals surface area contributed by atoms with Crippen LogP contribution in [0.15, 0.2) is 33.6 Å². The number of methoxy groups -OCH3 is 2. The second-order valence-corrected chi connectivity index (χ2v) is 9.65. The molecule has 10 nitrogen and oxygen atoms in total. The van der Waals surface area contributed by atoms with E-state index in [-0.39, 0.29) is 24.7 Å². The van der Waals surface area contributed by atoms with Crippen molar-refractivity contribution in [2.24, 2.45) is 0 Å². The van der Waals surface area contributed by atoms with Crippen LogP contribution in [0.2, 0.25) is 0 Å². The second-order valence-electron chi connectivity index (χ2n) is 5.87. The van der Waals surface area contributed by atoms with Gasteiger partial charge >= 0.3 is 8.60 Å². The van der Waals surface area contributed by atoms with Crippen molar-refractivity contribution < 1.29 is 46.3 Å². The zero-order chi connectivity index (χ0) is 21.4. The summed E-state index contributed by atoms with van der Waals surface area (Å²) < 4.78 is 58.9. The molecule has 1 aliphatic rings. The summed E-state index contributed by atoms with van der Waals surface area (Å²) in [6.45, 7) is 0.327. The average molecular weight is 519 g/mol. The first kappa shape index (κ1) is 25.0. The van der Waals surface area contributed by atoms with Gasteiger partial charge in [-0.15, -0.1) is 0 Å². The van der Waals surface area contributed by atoms with E-state index in [0.29, 0.717) is 0 Å². The van der Waals surface area contributed by atoms with Gasteiger partial charge in [0.1, 0.15) is 18.3 Å². The Bertz CT molecular complexity index is 719. The molecule has 0 aliphatic carbocycles. The van der Waals surface area contributed by atoms with Crippen molar-refractivity contribution in [1.82, 2.24) is 0 Å². The Hall–Kier alpha value is -0.240. The van der Waals surface area contributed by atoms with Gasteiger partial charge in [0.2, 0.25) is 9.84 Å². The van der Waals surface area contributed by atoms with Crippen molar-refractivity contribution in [2.75, 3.05) is 41.2 Å². The highest BCUT2D eigenvalue weighted by molar-refractivity contribution is 9.10. The fourth-order valence-corrected chi connectivity index (χ4v) is 5.30. The summed E-state index contributed by atoms with van der Waals surface area (Å²) in [4.78, 5) is 14.4. The first-order chi connectivity index (χ1) is 13.8. The molecule has 0 radical (unpaired) electrons. The van der Waals surface area contributed by atoms with Crippen molar-refractivity contribution in [1.29, 1.82) is 0 Å². The first-order valence-electron chi connectivity index (χ1n) is 8.46. The number of sulfone groups is 1. The van der Waals surface area contributed by atoms with Gasteiger partial charge in [0.15, 0.2) is 5.44 Å². The van der Waals surface area contributed by atoms with Crippen LogP contribution in [0.5, 0.6) is 0 Å². The topological polar surface area (TPSA) is 119 Å². The Morgan fingerprint density at radius 1 is 1.10 bits per heavy atom. The van der Waals surface area contributed by atoms with E-state index in [1.807, 2.05) is 0 Å². The molecule has 5 unspecified atom stereocenters. The third kappa shape index (κ3) is 6.62. The average Bonchev–Trinajstić information content (AvgIpc) is 3.01. The van der Waals surface area contributed by atoms with Gasteiger partial charge in [0.05, 0.1) is 31.8 Å². The van der Waals surface area contributed by atoms with E-state index in [1.54, 1.807) is 12.1 Å². The largest absolute Gasteiger partial charge is 0.382 e. The van der Waals surface area contributed by atoms with Crippen LogP contribution >= 0.6 is 24.5 Å². The summed E-state index contributed by atoms with van der Waals surface area (Å²) in [5, 5.41) is 0. The van der Waals surface area contributed by atoms with Crippen molar-refractivity contribution in [3.8, 4) is 0 Å². The number of benzene rings is 1. The maximum atomic E-state index is 13.2. The van der Waals surface area contributed by atoms with Gasteiger partial charge in [-0.3, -0.25) is 0 Å². The fraction of sp³-hybridized carbons (Fsp3) is 0.625. The van der Waals surface area contributed by atoms with E-state index in [0.717, 1.165) is 4.47 Å². The molecule has 0 spiro atoms. The van der Waals surface area contributed by atoms with Gasteiger partial charge < -0.3 is 28.4 Å². The summed E-state index contributed by atoms with van der Waals surface area (Å²) >= 11 is 3.28. The normalized spacial score (nSPS) is 26.0. The smallest absolute Gasteiger partial charge is 0.360 e. The van der Waals surface area contributed by atoms with Crippen LogP contribution in [0.25, 0.3) is 0 Å². The first-order valence-corrected chi connectivity index (χ1v) is 11.9. The molecule has 0 aromatic heterocycles. The van der Waals surface area contributed by atoms with E-state index in [9.17, 15) is 13.3 Å². The molecule has 1 N–H and O–H groups in total. The zero-order valence-corrected chi connectivity index (χ0v) is 19.4. The minimum atomic E-state index is -3.96. The number of ether oxygens (including phenoxy) is 4. The molecule has 2 rings (SSSR count). The van der Waals surface area contributed by atoms with E-state index in [2.05, 4.69) is 25.5 Å². The summed E-state index contributed by atoms with van der Waals surface area (Å²) in [6, 6.07) is 6.15. The summed E-state index contributed by atoms with van der Waals surface area (Å²) in [7, 11) is -2.29. The Morgan fingerprint density at radius 2 is 1.79 bits per heavy atom. The summed E-state index contributed by atoms with van der Waals surface area (Å²) in [5.41, 5.74) is -1.39. The standard InChI is InChI=1S/C16H24BrO10PS/c1-21-8-9-24-15-14(26-28(18)27-23-3)13(10-22-2)25-16(15)29(19,20)12-6-4-11(17)5-7-12/h4-7,13-16,18H,8-10H2,1-3H3. The molecular weight excluding hydrogens is 495 g/mol. The zero-order valence-electron chi connectivity index (χ0n) is 16.1. The molecule has 1 aromatic rings. The van der Waals surface area contributed by atoms with Crippen LogP contribution in [-0.2, 0) is 42.9 Å². The molecule has 1 aliphatic heterocycles. The molecule has 5 atom stereocenters. The van der Waals surface area contributed by atoms with Crippen LogP contribution < -0.4 is 0 Å². The molecule has 0 saturated carbocycles. The SMILES string of the molecule is COCCOC1C(OP(O)OOC)C(COC)OC1S(=O)(=O)c1ccc(Br)cc1. The number of hydrogen-bond donors (Lipinski definition) is 1. The quantitative estimate of drug-likeness (QED) is 0.190. The highest BCUT2D eigenvalue weighted by atomic mass is 79.9. The lowest BCUT2D eigenvalue weighted by atomic mass is 10.1. The molecule has 1 aromatic carbocycles. The van der Waals surface area contributed by atoms with Crippen LogP contribution in [0.1, 0.15) is 0 Å². The van der Waals surface area contributed by atoms with Gasteiger partial charge in [0, 0.05) is 18.7 Å². The lowest BCUT2D eigenvalue weighted by molar-refractivity contribution is -0.192. The minimum absolute atomic E-state index is 0.0112. The maximum Gasteiger partial charge on any atom is 0.360 e. The van der Waals surface area contributed by atoms with E-state index in [1.165, 1.54) is 33.5 Å². The molecule has 1 saturated heterocycles. The molecule has 13 heteroatoms. The molecular formula is C16H24BrO10PS. The lowest BCUT2D eigenvalue weighted by Crippen LogP contribution is -2.41. The summed E-state index contributed by atoms with van der Waals surface area (Å²) in [6.07, 6.45) is -2.90.